The summed E-state index contributed by atoms with van der Waals surface area (Å²) in [5, 5.41) is 5.17. The standard InChI is InChI=1S/C22H31N5O3S/c1-14(2)27-15(3)13-16(24-27)21(28)26(12-8-11-25(4)5)22-23-19-17(29-6)9-10-18(30-7)20(19)31-22/h9-10,13-14H,8,11-12H2,1-7H3. The number of carbonyl (C=O) groups excluding carboxylic acids is 1. The maximum atomic E-state index is 13.5. The van der Waals surface area contributed by atoms with Gasteiger partial charge in [0.05, 0.1) is 14.2 Å². The number of ether oxygens (including phenoxy) is 2. The van der Waals surface area contributed by atoms with Gasteiger partial charge in [0.2, 0.25) is 0 Å². The summed E-state index contributed by atoms with van der Waals surface area (Å²) in [4.78, 5) is 22.1. The molecule has 3 rings (SSSR count). The molecule has 3 aromatic rings. The number of hydrogen-bond donors (Lipinski definition) is 0. The molecular weight excluding hydrogens is 414 g/mol. The smallest absolute Gasteiger partial charge is 0.280 e. The second-order valence-corrected chi connectivity index (χ2v) is 8.94. The number of nitrogens with zero attached hydrogens (tertiary/aromatic N) is 5. The Bertz CT molecular complexity index is 1020. The molecule has 0 saturated carbocycles. The summed E-state index contributed by atoms with van der Waals surface area (Å²) in [5.74, 6) is 1.21. The molecule has 2 heterocycles. The summed E-state index contributed by atoms with van der Waals surface area (Å²) in [6.45, 7) is 7.47. The van der Waals surface area contributed by atoms with E-state index in [2.05, 4.69) is 23.8 Å². The second-order valence-electron chi connectivity index (χ2n) is 7.97. The molecule has 1 aromatic carbocycles. The Kier molecular flexibility index (Phi) is 7.17. The molecule has 0 N–H and O–H groups in total. The second kappa shape index (κ2) is 9.65. The highest BCUT2D eigenvalue weighted by Gasteiger charge is 2.26. The Labute approximate surface area is 187 Å². The number of rotatable bonds is 9. The number of carbonyl (C=O) groups is 1. The summed E-state index contributed by atoms with van der Waals surface area (Å²) < 4.78 is 13.7. The fourth-order valence-electron chi connectivity index (χ4n) is 3.47. The normalized spacial score (nSPS) is 11.5. The van der Waals surface area contributed by atoms with Crippen LogP contribution in [0.3, 0.4) is 0 Å². The van der Waals surface area contributed by atoms with Gasteiger partial charge in [-0.15, -0.1) is 0 Å². The number of amides is 1. The molecule has 0 aliphatic carbocycles. The summed E-state index contributed by atoms with van der Waals surface area (Å²) in [7, 11) is 7.28. The molecule has 0 fully saturated rings. The van der Waals surface area contributed by atoms with E-state index in [9.17, 15) is 4.79 Å². The van der Waals surface area contributed by atoms with E-state index in [4.69, 9.17) is 14.5 Å². The molecule has 0 aliphatic heterocycles. The Morgan fingerprint density at radius 2 is 1.84 bits per heavy atom. The third kappa shape index (κ3) is 4.83. The molecule has 8 nitrogen and oxygen atoms in total. The van der Waals surface area contributed by atoms with E-state index in [-0.39, 0.29) is 11.9 Å². The predicted octanol–water partition coefficient (Wildman–Crippen LogP) is 4.00. The first-order valence-corrected chi connectivity index (χ1v) is 11.1. The largest absolute Gasteiger partial charge is 0.495 e. The van der Waals surface area contributed by atoms with E-state index in [0.29, 0.717) is 34.4 Å². The van der Waals surface area contributed by atoms with E-state index in [1.165, 1.54) is 11.3 Å². The summed E-state index contributed by atoms with van der Waals surface area (Å²) in [6, 6.07) is 5.71. The van der Waals surface area contributed by atoms with Gasteiger partial charge in [0.15, 0.2) is 10.8 Å². The Morgan fingerprint density at radius 1 is 1.16 bits per heavy atom. The molecule has 0 atom stereocenters. The van der Waals surface area contributed by atoms with Crippen molar-refractivity contribution in [3.05, 3.63) is 29.6 Å². The molecule has 168 valence electrons. The molecule has 0 saturated heterocycles. The van der Waals surface area contributed by atoms with Crippen LogP contribution in [0.15, 0.2) is 18.2 Å². The van der Waals surface area contributed by atoms with Gasteiger partial charge in [-0.3, -0.25) is 14.4 Å². The lowest BCUT2D eigenvalue weighted by Crippen LogP contribution is -2.33. The van der Waals surface area contributed by atoms with Crippen LogP contribution in [-0.2, 0) is 0 Å². The molecule has 0 spiro atoms. The Morgan fingerprint density at radius 3 is 2.42 bits per heavy atom. The first-order chi connectivity index (χ1) is 14.8. The van der Waals surface area contributed by atoms with E-state index < -0.39 is 0 Å². The molecule has 2 aromatic heterocycles. The van der Waals surface area contributed by atoms with Gasteiger partial charge in [0.1, 0.15) is 21.7 Å². The maximum Gasteiger partial charge on any atom is 0.280 e. The molecule has 0 bridgehead atoms. The number of aryl methyl sites for hydroxylation is 1. The first-order valence-electron chi connectivity index (χ1n) is 10.3. The zero-order valence-electron chi connectivity index (χ0n) is 19.3. The van der Waals surface area contributed by atoms with Gasteiger partial charge in [-0.2, -0.15) is 5.10 Å². The van der Waals surface area contributed by atoms with E-state index in [1.807, 2.05) is 43.9 Å². The van der Waals surface area contributed by atoms with Gasteiger partial charge in [-0.05, 0) is 66.0 Å². The molecule has 0 radical (unpaired) electrons. The molecule has 0 unspecified atom stereocenters. The molecule has 9 heteroatoms. The van der Waals surface area contributed by atoms with Gasteiger partial charge in [0.25, 0.3) is 5.91 Å². The fraction of sp³-hybridized carbons (Fsp3) is 0.500. The van der Waals surface area contributed by atoms with Crippen LogP contribution in [0.5, 0.6) is 11.5 Å². The van der Waals surface area contributed by atoms with Crippen LogP contribution in [0.25, 0.3) is 10.2 Å². The van der Waals surface area contributed by atoms with Crippen molar-refractivity contribution in [1.29, 1.82) is 0 Å². The topological polar surface area (TPSA) is 72.7 Å². The summed E-state index contributed by atoms with van der Waals surface area (Å²) >= 11 is 1.43. The highest BCUT2D eigenvalue weighted by molar-refractivity contribution is 7.22. The Hall–Kier alpha value is -2.65. The van der Waals surface area contributed by atoms with Crippen LogP contribution in [0, 0.1) is 6.92 Å². The first kappa shape index (κ1) is 23.0. The van der Waals surface area contributed by atoms with Crippen molar-refractivity contribution in [1.82, 2.24) is 19.7 Å². The molecule has 1 amide bonds. The molecule has 0 aliphatic rings. The van der Waals surface area contributed by atoms with Gasteiger partial charge >= 0.3 is 0 Å². The average Bonchev–Trinajstić information content (AvgIpc) is 3.34. The van der Waals surface area contributed by atoms with Crippen molar-refractivity contribution in [2.24, 2.45) is 0 Å². The SMILES string of the molecule is COc1ccc(OC)c2sc(N(CCCN(C)C)C(=O)c3cc(C)n(C(C)C)n3)nc12. The van der Waals surface area contributed by atoms with E-state index in [1.54, 1.807) is 19.1 Å². The van der Waals surface area contributed by atoms with Crippen molar-refractivity contribution >= 4 is 32.6 Å². The number of hydrogen-bond acceptors (Lipinski definition) is 7. The van der Waals surface area contributed by atoms with Crippen LogP contribution in [0.2, 0.25) is 0 Å². The minimum Gasteiger partial charge on any atom is -0.495 e. The lowest BCUT2D eigenvalue weighted by atomic mass is 10.3. The van der Waals surface area contributed by atoms with Gasteiger partial charge < -0.3 is 14.4 Å². The Balaban J connectivity index is 2.04. The zero-order valence-corrected chi connectivity index (χ0v) is 20.1. The van der Waals surface area contributed by atoms with Crippen molar-refractivity contribution in [2.45, 2.75) is 33.2 Å². The number of fused-ring (bicyclic) bond motifs is 1. The van der Waals surface area contributed by atoms with E-state index >= 15 is 0 Å². The third-order valence-corrected chi connectivity index (χ3v) is 6.09. The van der Waals surface area contributed by atoms with Crippen molar-refractivity contribution < 1.29 is 14.3 Å². The monoisotopic (exact) mass is 445 g/mol. The van der Waals surface area contributed by atoms with Crippen LogP contribution >= 0.6 is 11.3 Å². The minimum absolute atomic E-state index is 0.154. The number of anilines is 1. The quantitative estimate of drug-likeness (QED) is 0.496. The summed E-state index contributed by atoms with van der Waals surface area (Å²) in [6.07, 6.45) is 0.812. The maximum absolute atomic E-state index is 13.5. The van der Waals surface area contributed by atoms with Crippen LogP contribution in [0.4, 0.5) is 5.13 Å². The van der Waals surface area contributed by atoms with Crippen LogP contribution in [0.1, 0.15) is 42.5 Å². The number of benzene rings is 1. The van der Waals surface area contributed by atoms with Crippen LogP contribution in [-0.4, -0.2) is 67.0 Å². The van der Waals surface area contributed by atoms with Gasteiger partial charge in [-0.25, -0.2) is 4.98 Å². The summed E-state index contributed by atoms with van der Waals surface area (Å²) in [5.41, 5.74) is 2.07. The zero-order chi connectivity index (χ0) is 22.7. The highest BCUT2D eigenvalue weighted by Crippen LogP contribution is 2.40. The molecular formula is C22H31N5O3S. The number of methoxy groups -OCH3 is 2. The van der Waals surface area contributed by atoms with Gasteiger partial charge in [0, 0.05) is 18.3 Å². The lowest BCUT2D eigenvalue weighted by Gasteiger charge is -2.20. The predicted molar refractivity (Wildman–Crippen MR) is 125 cm³/mol. The highest BCUT2D eigenvalue weighted by atomic mass is 32.1. The van der Waals surface area contributed by atoms with Crippen LogP contribution < -0.4 is 14.4 Å². The fourth-order valence-corrected chi connectivity index (χ4v) is 4.57. The van der Waals surface area contributed by atoms with Gasteiger partial charge in [-0.1, -0.05) is 11.3 Å². The lowest BCUT2D eigenvalue weighted by molar-refractivity contribution is 0.0980. The number of thiazole rings is 1. The number of aromatic nitrogens is 3. The van der Waals surface area contributed by atoms with Crippen molar-refractivity contribution in [2.75, 3.05) is 46.3 Å². The average molecular weight is 446 g/mol. The van der Waals surface area contributed by atoms with Crippen molar-refractivity contribution in [3.8, 4) is 11.5 Å². The molecule has 31 heavy (non-hydrogen) atoms. The third-order valence-electron chi connectivity index (χ3n) is 4.99. The van der Waals surface area contributed by atoms with Crippen molar-refractivity contribution in [3.63, 3.8) is 0 Å². The van der Waals surface area contributed by atoms with E-state index in [0.717, 1.165) is 23.4 Å². The minimum atomic E-state index is -0.154.